The molecule has 5 rings (SSSR count). The monoisotopic (exact) mass is 374 g/mol. The average molecular weight is 374 g/mol. The van der Waals surface area contributed by atoms with E-state index in [2.05, 4.69) is 30.8 Å². The summed E-state index contributed by atoms with van der Waals surface area (Å²) in [5, 5.41) is 14.8. The van der Waals surface area contributed by atoms with Gasteiger partial charge in [0.25, 0.3) is 0 Å². The first-order chi connectivity index (χ1) is 13.4. The maximum absolute atomic E-state index is 12.1. The molecule has 0 saturated carbocycles. The number of carbonyl (C=O) groups excluding carboxylic acids is 1. The molecule has 28 heavy (non-hydrogen) atoms. The van der Waals surface area contributed by atoms with E-state index < -0.39 is 5.41 Å². The van der Waals surface area contributed by atoms with E-state index in [-0.39, 0.29) is 5.91 Å². The zero-order valence-electron chi connectivity index (χ0n) is 15.6. The topological polar surface area (TPSA) is 102 Å². The van der Waals surface area contributed by atoms with Crippen LogP contribution in [0.3, 0.4) is 0 Å². The van der Waals surface area contributed by atoms with Crippen molar-refractivity contribution in [3.8, 4) is 11.3 Å². The van der Waals surface area contributed by atoms with E-state index in [1.807, 2.05) is 45.3 Å². The second kappa shape index (κ2) is 5.62. The lowest BCUT2D eigenvalue weighted by Crippen LogP contribution is -2.26. The smallest absolute Gasteiger partial charge is 0.247 e. The molecular weight excluding hydrogens is 356 g/mol. The second-order valence-corrected chi connectivity index (χ2v) is 7.35. The SMILES string of the molecule is Cn1cc(-c2nccn3nc(Nc4ccc5c(c4)NC(=O)C5(C)C)nc23)cn1. The Hall–Kier alpha value is -3.75. The van der Waals surface area contributed by atoms with E-state index in [0.717, 1.165) is 22.5 Å². The Kier molecular flexibility index (Phi) is 3.30. The number of rotatable bonds is 3. The molecule has 9 heteroatoms. The number of hydrogen-bond donors (Lipinski definition) is 2. The Labute approximate surface area is 160 Å². The summed E-state index contributed by atoms with van der Waals surface area (Å²) in [6, 6.07) is 5.77. The molecular formula is C19H18N8O. The highest BCUT2D eigenvalue weighted by atomic mass is 16.2. The van der Waals surface area contributed by atoms with Crippen LogP contribution >= 0.6 is 0 Å². The highest BCUT2D eigenvalue weighted by Gasteiger charge is 2.38. The van der Waals surface area contributed by atoms with Crippen molar-refractivity contribution in [1.29, 1.82) is 0 Å². The van der Waals surface area contributed by atoms with Crippen LogP contribution in [0.4, 0.5) is 17.3 Å². The van der Waals surface area contributed by atoms with Gasteiger partial charge in [-0.3, -0.25) is 14.5 Å². The Morgan fingerprint density at radius 3 is 2.89 bits per heavy atom. The van der Waals surface area contributed by atoms with Crippen LogP contribution in [0.25, 0.3) is 16.9 Å². The number of nitrogens with zero attached hydrogens (tertiary/aromatic N) is 6. The fraction of sp³-hybridized carbons (Fsp3) is 0.211. The van der Waals surface area contributed by atoms with E-state index in [4.69, 9.17) is 0 Å². The molecule has 0 radical (unpaired) electrons. The minimum Gasteiger partial charge on any atom is -0.325 e. The van der Waals surface area contributed by atoms with Gasteiger partial charge in [0, 0.05) is 42.6 Å². The van der Waals surface area contributed by atoms with E-state index in [0.29, 0.717) is 17.3 Å². The number of benzene rings is 1. The Bertz CT molecular complexity index is 1240. The summed E-state index contributed by atoms with van der Waals surface area (Å²) >= 11 is 0. The normalized spacial score (nSPS) is 14.9. The van der Waals surface area contributed by atoms with Crippen LogP contribution in [0, 0.1) is 0 Å². The Morgan fingerprint density at radius 1 is 1.25 bits per heavy atom. The molecule has 0 fully saturated rings. The van der Waals surface area contributed by atoms with Gasteiger partial charge in [0.2, 0.25) is 11.9 Å². The van der Waals surface area contributed by atoms with Gasteiger partial charge in [-0.1, -0.05) is 6.07 Å². The zero-order valence-corrected chi connectivity index (χ0v) is 15.6. The van der Waals surface area contributed by atoms with Gasteiger partial charge < -0.3 is 10.6 Å². The molecule has 3 aromatic heterocycles. The third-order valence-electron chi connectivity index (χ3n) is 5.00. The number of aryl methyl sites for hydroxylation is 1. The van der Waals surface area contributed by atoms with Crippen LogP contribution in [0.15, 0.2) is 43.0 Å². The van der Waals surface area contributed by atoms with E-state index in [9.17, 15) is 4.79 Å². The van der Waals surface area contributed by atoms with Gasteiger partial charge in [-0.05, 0) is 31.5 Å². The van der Waals surface area contributed by atoms with Gasteiger partial charge in [0.1, 0.15) is 5.69 Å². The largest absolute Gasteiger partial charge is 0.325 e. The quantitative estimate of drug-likeness (QED) is 0.571. The number of carbonyl (C=O) groups is 1. The first-order valence-corrected chi connectivity index (χ1v) is 8.85. The third kappa shape index (κ3) is 2.43. The molecule has 0 unspecified atom stereocenters. The molecule has 1 aliphatic heterocycles. The summed E-state index contributed by atoms with van der Waals surface area (Å²) in [7, 11) is 1.86. The highest BCUT2D eigenvalue weighted by Crippen LogP contribution is 2.38. The number of aromatic nitrogens is 6. The molecule has 0 atom stereocenters. The van der Waals surface area contributed by atoms with Gasteiger partial charge in [0.05, 0.1) is 11.6 Å². The van der Waals surface area contributed by atoms with Crippen molar-refractivity contribution < 1.29 is 4.79 Å². The minimum absolute atomic E-state index is 0.00214. The lowest BCUT2D eigenvalue weighted by Gasteiger charge is -2.14. The molecule has 4 aromatic rings. The predicted molar refractivity (Wildman–Crippen MR) is 104 cm³/mol. The van der Waals surface area contributed by atoms with E-state index >= 15 is 0 Å². The van der Waals surface area contributed by atoms with Crippen molar-refractivity contribution in [2.24, 2.45) is 7.05 Å². The lowest BCUT2D eigenvalue weighted by atomic mass is 9.86. The van der Waals surface area contributed by atoms with Crippen molar-refractivity contribution in [2.75, 3.05) is 10.6 Å². The molecule has 0 aliphatic carbocycles. The number of nitrogens with one attached hydrogen (secondary N) is 2. The zero-order chi connectivity index (χ0) is 19.5. The number of anilines is 3. The van der Waals surface area contributed by atoms with E-state index in [1.54, 1.807) is 27.8 Å². The molecule has 4 heterocycles. The maximum Gasteiger partial charge on any atom is 0.247 e. The highest BCUT2D eigenvalue weighted by molar-refractivity contribution is 6.06. The molecule has 0 bridgehead atoms. The van der Waals surface area contributed by atoms with Crippen LogP contribution < -0.4 is 10.6 Å². The number of hydrogen-bond acceptors (Lipinski definition) is 6. The molecule has 1 aromatic carbocycles. The number of amides is 1. The molecule has 1 amide bonds. The number of fused-ring (bicyclic) bond motifs is 2. The third-order valence-corrected chi connectivity index (χ3v) is 5.00. The first kappa shape index (κ1) is 16.4. The lowest BCUT2D eigenvalue weighted by molar-refractivity contribution is -0.119. The standard InChI is InChI=1S/C19H18N8O/c1-19(2)13-5-4-12(8-14(13)23-17(19)28)22-18-24-16-15(11-9-21-26(3)10-11)20-6-7-27(16)25-18/h4-10H,1-3H3,(H,22,25)(H,23,28). The van der Waals surface area contributed by atoms with Crippen LogP contribution in [0.1, 0.15) is 19.4 Å². The van der Waals surface area contributed by atoms with Crippen LogP contribution in [-0.4, -0.2) is 35.3 Å². The summed E-state index contributed by atoms with van der Waals surface area (Å²) in [6.07, 6.45) is 7.06. The van der Waals surface area contributed by atoms with Crippen molar-refractivity contribution in [3.05, 3.63) is 48.5 Å². The fourth-order valence-corrected chi connectivity index (χ4v) is 3.42. The van der Waals surface area contributed by atoms with Gasteiger partial charge in [-0.2, -0.15) is 10.1 Å². The van der Waals surface area contributed by atoms with Gasteiger partial charge in [-0.15, -0.1) is 5.10 Å². The predicted octanol–water partition coefficient (Wildman–Crippen LogP) is 2.50. The van der Waals surface area contributed by atoms with Crippen LogP contribution in [0.2, 0.25) is 0 Å². The summed E-state index contributed by atoms with van der Waals surface area (Å²) < 4.78 is 3.40. The molecule has 1 aliphatic rings. The summed E-state index contributed by atoms with van der Waals surface area (Å²) in [5.41, 5.74) is 4.26. The van der Waals surface area contributed by atoms with Crippen LogP contribution in [-0.2, 0) is 17.3 Å². The molecule has 9 nitrogen and oxygen atoms in total. The molecule has 0 spiro atoms. The van der Waals surface area contributed by atoms with Crippen molar-refractivity contribution >= 4 is 28.9 Å². The minimum atomic E-state index is -0.528. The van der Waals surface area contributed by atoms with Crippen LogP contribution in [0.5, 0.6) is 0 Å². The van der Waals surface area contributed by atoms with Gasteiger partial charge in [-0.25, -0.2) is 4.52 Å². The Balaban J connectivity index is 1.50. The van der Waals surface area contributed by atoms with Crippen molar-refractivity contribution in [3.63, 3.8) is 0 Å². The molecule has 0 saturated heterocycles. The summed E-state index contributed by atoms with van der Waals surface area (Å²) in [4.78, 5) is 21.2. The van der Waals surface area contributed by atoms with Crippen molar-refractivity contribution in [1.82, 2.24) is 29.4 Å². The Morgan fingerprint density at radius 2 is 2.11 bits per heavy atom. The van der Waals surface area contributed by atoms with Gasteiger partial charge >= 0.3 is 0 Å². The second-order valence-electron chi connectivity index (χ2n) is 7.35. The molecule has 140 valence electrons. The summed E-state index contributed by atoms with van der Waals surface area (Å²) in [5.74, 6) is 0.444. The van der Waals surface area contributed by atoms with Crippen molar-refractivity contribution in [2.45, 2.75) is 19.3 Å². The average Bonchev–Trinajstić information content (AvgIpc) is 3.31. The van der Waals surface area contributed by atoms with Gasteiger partial charge in [0.15, 0.2) is 5.65 Å². The fourth-order valence-electron chi connectivity index (χ4n) is 3.42. The van der Waals surface area contributed by atoms with E-state index in [1.165, 1.54) is 0 Å². The first-order valence-electron chi connectivity index (χ1n) is 8.85. The summed E-state index contributed by atoms with van der Waals surface area (Å²) in [6.45, 7) is 3.83. The maximum atomic E-state index is 12.1. The molecule has 2 N–H and O–H groups in total.